The van der Waals surface area contributed by atoms with Crippen LogP contribution in [0.25, 0.3) is 0 Å². The van der Waals surface area contributed by atoms with E-state index >= 15 is 0 Å². The highest BCUT2D eigenvalue weighted by Crippen LogP contribution is 2.12. The lowest BCUT2D eigenvalue weighted by atomic mass is 10.3. The molecule has 1 heterocycles. The van der Waals surface area contributed by atoms with Gasteiger partial charge in [-0.15, -0.1) is 6.42 Å². The summed E-state index contributed by atoms with van der Waals surface area (Å²) in [5.74, 6) is 2.56. The van der Waals surface area contributed by atoms with Gasteiger partial charge in [0.2, 0.25) is 0 Å². The minimum absolute atomic E-state index is 0.125. The molecule has 2 unspecified atom stereocenters. The van der Waals surface area contributed by atoms with Crippen molar-refractivity contribution in [3.8, 4) is 12.3 Å². The van der Waals surface area contributed by atoms with Crippen molar-refractivity contribution in [2.75, 3.05) is 13.8 Å². The summed E-state index contributed by atoms with van der Waals surface area (Å²) >= 11 is 0. The Kier molecular flexibility index (Phi) is 4.67. The van der Waals surface area contributed by atoms with Crippen LogP contribution in [-0.4, -0.2) is 47.3 Å². The fourth-order valence-electron chi connectivity index (χ4n) is 1.43. The van der Waals surface area contributed by atoms with E-state index in [1.165, 1.54) is 6.21 Å². The average molecular weight is 223 g/mol. The van der Waals surface area contributed by atoms with E-state index in [1.54, 1.807) is 0 Å². The van der Waals surface area contributed by atoms with Crippen molar-refractivity contribution in [3.05, 3.63) is 12.4 Å². The second-order valence-electron chi connectivity index (χ2n) is 3.52. The van der Waals surface area contributed by atoms with Gasteiger partial charge in [-0.1, -0.05) is 18.0 Å². The van der Waals surface area contributed by atoms with Gasteiger partial charge < -0.3 is 19.7 Å². The predicted molar refractivity (Wildman–Crippen MR) is 61.7 cm³/mol. The summed E-state index contributed by atoms with van der Waals surface area (Å²) in [5.41, 5.74) is 0. The SMILES string of the molecule is C#CC(CC)OCN1C=CN(C)C1/C=N\O. The van der Waals surface area contributed by atoms with Gasteiger partial charge in [-0.3, -0.25) is 0 Å². The standard InChI is InChI=1S/C11H17N3O2/c1-4-10(5-2)16-9-14-7-6-13(3)11(14)8-12-15/h1,6-8,10-11,15H,5,9H2,2-3H3/b12-8-. The molecule has 0 fully saturated rings. The summed E-state index contributed by atoms with van der Waals surface area (Å²) in [7, 11) is 1.89. The first kappa shape index (κ1) is 12.4. The predicted octanol–water partition coefficient (Wildman–Crippen LogP) is 0.877. The number of rotatable bonds is 5. The van der Waals surface area contributed by atoms with Crippen LogP contribution in [0.4, 0.5) is 0 Å². The van der Waals surface area contributed by atoms with Gasteiger partial charge in [-0.05, 0) is 6.42 Å². The molecule has 0 spiro atoms. The minimum Gasteiger partial charge on any atom is -0.411 e. The van der Waals surface area contributed by atoms with E-state index in [-0.39, 0.29) is 12.3 Å². The maximum Gasteiger partial charge on any atom is 0.142 e. The highest BCUT2D eigenvalue weighted by atomic mass is 16.5. The van der Waals surface area contributed by atoms with Gasteiger partial charge in [0.1, 0.15) is 19.0 Å². The third-order valence-electron chi connectivity index (χ3n) is 2.43. The number of hydrogen-bond acceptors (Lipinski definition) is 5. The van der Waals surface area contributed by atoms with Crippen LogP contribution in [0.5, 0.6) is 0 Å². The van der Waals surface area contributed by atoms with Gasteiger partial charge >= 0.3 is 0 Å². The monoisotopic (exact) mass is 223 g/mol. The lowest BCUT2D eigenvalue weighted by Gasteiger charge is -2.27. The molecule has 88 valence electrons. The topological polar surface area (TPSA) is 48.3 Å². The zero-order valence-electron chi connectivity index (χ0n) is 9.58. The number of oxime groups is 1. The molecule has 0 aromatic carbocycles. The molecular formula is C11H17N3O2. The Bertz CT molecular complexity index is 309. The van der Waals surface area contributed by atoms with E-state index in [4.69, 9.17) is 16.4 Å². The summed E-state index contributed by atoms with van der Waals surface area (Å²) in [6.07, 6.45) is 11.0. The second kappa shape index (κ2) is 6.03. The molecule has 0 saturated heterocycles. The van der Waals surface area contributed by atoms with E-state index in [2.05, 4.69) is 11.1 Å². The molecular weight excluding hydrogens is 206 g/mol. The molecule has 1 rings (SSSR count). The summed E-state index contributed by atoms with van der Waals surface area (Å²) < 4.78 is 5.52. The fourth-order valence-corrected chi connectivity index (χ4v) is 1.43. The maximum atomic E-state index is 8.55. The average Bonchev–Trinajstić information content (AvgIpc) is 2.63. The van der Waals surface area contributed by atoms with E-state index in [0.29, 0.717) is 6.73 Å². The van der Waals surface area contributed by atoms with Crippen LogP contribution in [-0.2, 0) is 4.74 Å². The Hall–Kier alpha value is -1.67. The molecule has 0 amide bonds. The number of terminal acetylenes is 1. The van der Waals surface area contributed by atoms with Crippen molar-refractivity contribution in [3.63, 3.8) is 0 Å². The van der Waals surface area contributed by atoms with Crippen molar-refractivity contribution < 1.29 is 9.94 Å². The first-order valence-electron chi connectivity index (χ1n) is 5.14. The molecule has 5 nitrogen and oxygen atoms in total. The molecule has 2 atom stereocenters. The largest absolute Gasteiger partial charge is 0.411 e. The zero-order valence-corrected chi connectivity index (χ0v) is 9.58. The molecule has 0 aromatic heterocycles. The molecule has 0 saturated carbocycles. The molecule has 1 N–H and O–H groups in total. The minimum atomic E-state index is -0.175. The Morgan fingerprint density at radius 1 is 1.69 bits per heavy atom. The van der Waals surface area contributed by atoms with E-state index < -0.39 is 0 Å². The van der Waals surface area contributed by atoms with E-state index in [0.717, 1.165) is 6.42 Å². The van der Waals surface area contributed by atoms with Crippen molar-refractivity contribution in [2.45, 2.75) is 25.6 Å². The second-order valence-corrected chi connectivity index (χ2v) is 3.52. The first-order valence-corrected chi connectivity index (χ1v) is 5.14. The Morgan fingerprint density at radius 3 is 3.00 bits per heavy atom. The van der Waals surface area contributed by atoms with Gasteiger partial charge in [-0.2, -0.15) is 0 Å². The molecule has 1 aliphatic rings. The lowest BCUT2D eigenvalue weighted by Crippen LogP contribution is -2.39. The molecule has 0 radical (unpaired) electrons. The van der Waals surface area contributed by atoms with Gasteiger partial charge in [0.05, 0.1) is 6.21 Å². The van der Waals surface area contributed by atoms with E-state index in [1.807, 2.05) is 36.2 Å². The molecule has 0 bridgehead atoms. The van der Waals surface area contributed by atoms with Crippen LogP contribution in [0.15, 0.2) is 17.6 Å². The summed E-state index contributed by atoms with van der Waals surface area (Å²) in [6.45, 7) is 2.35. The maximum absolute atomic E-state index is 8.55. The van der Waals surface area contributed by atoms with Crippen molar-refractivity contribution >= 4 is 6.21 Å². The van der Waals surface area contributed by atoms with Crippen LogP contribution < -0.4 is 0 Å². The highest BCUT2D eigenvalue weighted by molar-refractivity contribution is 5.64. The number of hydrogen-bond donors (Lipinski definition) is 1. The van der Waals surface area contributed by atoms with Gasteiger partial charge in [0.25, 0.3) is 0 Å². The Morgan fingerprint density at radius 2 is 2.44 bits per heavy atom. The lowest BCUT2D eigenvalue weighted by molar-refractivity contribution is 0.00639. The van der Waals surface area contributed by atoms with Gasteiger partial charge in [0, 0.05) is 19.4 Å². The number of nitrogens with zero attached hydrogens (tertiary/aromatic N) is 3. The summed E-state index contributed by atoms with van der Waals surface area (Å²) in [4.78, 5) is 3.79. The zero-order chi connectivity index (χ0) is 12.0. The smallest absolute Gasteiger partial charge is 0.142 e. The Labute approximate surface area is 96.0 Å². The van der Waals surface area contributed by atoms with Crippen LogP contribution in [0.1, 0.15) is 13.3 Å². The third-order valence-corrected chi connectivity index (χ3v) is 2.43. The normalized spacial score (nSPS) is 21.7. The summed E-state index contributed by atoms with van der Waals surface area (Å²) in [6, 6.07) is 0. The third kappa shape index (κ3) is 2.91. The molecule has 1 aliphatic heterocycles. The highest BCUT2D eigenvalue weighted by Gasteiger charge is 2.22. The first-order chi connectivity index (χ1) is 7.72. The molecule has 16 heavy (non-hydrogen) atoms. The van der Waals surface area contributed by atoms with Crippen molar-refractivity contribution in [1.29, 1.82) is 0 Å². The van der Waals surface area contributed by atoms with Crippen LogP contribution in [0, 0.1) is 12.3 Å². The molecule has 5 heteroatoms. The van der Waals surface area contributed by atoms with Gasteiger partial charge in [-0.25, -0.2) is 0 Å². The van der Waals surface area contributed by atoms with E-state index in [9.17, 15) is 0 Å². The number of ether oxygens (including phenoxy) is 1. The fraction of sp³-hybridized carbons (Fsp3) is 0.545. The van der Waals surface area contributed by atoms with Crippen molar-refractivity contribution in [1.82, 2.24) is 9.80 Å². The molecule has 0 aliphatic carbocycles. The quantitative estimate of drug-likeness (QED) is 0.325. The van der Waals surface area contributed by atoms with Crippen LogP contribution in [0.3, 0.4) is 0 Å². The van der Waals surface area contributed by atoms with Crippen LogP contribution >= 0.6 is 0 Å². The van der Waals surface area contributed by atoms with Gasteiger partial charge in [0.15, 0.2) is 0 Å². The Balaban J connectivity index is 2.48. The summed E-state index contributed by atoms with van der Waals surface area (Å²) in [5, 5.41) is 11.6. The van der Waals surface area contributed by atoms with Crippen LogP contribution in [0.2, 0.25) is 0 Å². The molecule has 0 aromatic rings. The van der Waals surface area contributed by atoms with Crippen molar-refractivity contribution in [2.24, 2.45) is 5.16 Å².